The Bertz CT molecular complexity index is 2290. The molecule has 2 heterocycles. The van der Waals surface area contributed by atoms with Crippen LogP contribution in [0.2, 0.25) is 0 Å². The van der Waals surface area contributed by atoms with E-state index in [0.29, 0.717) is 12.1 Å². The number of aliphatic hydroxyl groups is 1. The second kappa shape index (κ2) is 15.3. The van der Waals surface area contributed by atoms with Crippen LogP contribution in [0.3, 0.4) is 0 Å². The number of imidazole rings is 2. The molecule has 0 aliphatic heterocycles. The number of aliphatic carboxylic acids is 3. The lowest BCUT2D eigenvalue weighted by Gasteiger charge is -2.18. The standard InChI is InChI=1S/C33H30N4O2.C6H8O7/c1-4-9-30-35-31-21(2)18-24(32-34-27-12-7-8-13-28(27)36(32)3)19-29(31)37(30)20-22-14-16-23(17-15-22)25-10-5-6-11-26(25)33(38)39;7-3(8)1-6(13,5(11)12)2-4(9)10/h5-8,10-19H,4,9,20H2,1-3H3,(H,38,39);13H,1-2H2,(H,7,8)(H,9,10)(H,11,12). The number of fused-ring (bicyclic) bond motifs is 2. The van der Waals surface area contributed by atoms with Crippen LogP contribution in [0.25, 0.3) is 44.6 Å². The number of carboxylic acids is 4. The molecule has 0 bridgehead atoms. The molecule has 0 fully saturated rings. The minimum absolute atomic E-state index is 0.307. The maximum Gasteiger partial charge on any atom is 0.336 e. The SMILES string of the molecule is CCCc1nc2c(C)cc(-c3nc4ccccc4n3C)cc2n1Cc1ccc(-c2ccccc2C(=O)O)cc1.O=C(O)CC(O)(CC(=O)O)C(=O)O. The fourth-order valence-corrected chi connectivity index (χ4v) is 6.17. The van der Waals surface area contributed by atoms with Crippen molar-refractivity contribution in [2.45, 2.75) is 51.7 Å². The van der Waals surface area contributed by atoms with Gasteiger partial charge in [-0.2, -0.15) is 0 Å². The lowest BCUT2D eigenvalue weighted by molar-refractivity contribution is -0.170. The summed E-state index contributed by atoms with van der Waals surface area (Å²) in [7, 11) is 2.06. The molecule has 0 unspecified atom stereocenters. The number of rotatable bonds is 12. The average molecular weight is 707 g/mol. The van der Waals surface area contributed by atoms with Gasteiger partial charge in [-0.3, -0.25) is 9.59 Å². The molecular weight excluding hydrogens is 668 g/mol. The minimum atomic E-state index is -2.74. The Kier molecular flexibility index (Phi) is 10.8. The van der Waals surface area contributed by atoms with E-state index in [-0.39, 0.29) is 0 Å². The van der Waals surface area contributed by atoms with Crippen LogP contribution in [0.5, 0.6) is 0 Å². The third-order valence-electron chi connectivity index (χ3n) is 8.69. The molecule has 2 aromatic heterocycles. The van der Waals surface area contributed by atoms with Crippen molar-refractivity contribution < 1.29 is 44.7 Å². The number of aryl methyl sites for hydroxylation is 3. The Labute approximate surface area is 298 Å². The maximum absolute atomic E-state index is 11.7. The summed E-state index contributed by atoms with van der Waals surface area (Å²) < 4.78 is 4.47. The van der Waals surface area contributed by atoms with E-state index in [9.17, 15) is 24.3 Å². The van der Waals surface area contributed by atoms with Gasteiger partial charge in [-0.05, 0) is 65.9 Å². The molecule has 0 spiro atoms. The molecule has 0 amide bonds. The van der Waals surface area contributed by atoms with E-state index in [1.807, 2.05) is 42.5 Å². The summed E-state index contributed by atoms with van der Waals surface area (Å²) in [5, 5.41) is 43.4. The number of carboxylic acid groups (broad SMARTS) is 4. The van der Waals surface area contributed by atoms with Gasteiger partial charge in [0.2, 0.25) is 0 Å². The van der Waals surface area contributed by atoms with Gasteiger partial charge in [-0.15, -0.1) is 0 Å². The van der Waals surface area contributed by atoms with E-state index < -0.39 is 42.3 Å². The molecular formula is C39H38N4O9. The van der Waals surface area contributed by atoms with E-state index in [2.05, 4.69) is 60.4 Å². The lowest BCUT2D eigenvalue weighted by Crippen LogP contribution is -2.42. The summed E-state index contributed by atoms with van der Waals surface area (Å²) in [5.74, 6) is -3.93. The first kappa shape index (κ1) is 36.9. The Balaban J connectivity index is 0.000000345. The predicted octanol–water partition coefficient (Wildman–Crippen LogP) is 6.02. The third kappa shape index (κ3) is 7.84. The fraction of sp³-hybridized carbons (Fsp3) is 0.231. The van der Waals surface area contributed by atoms with Gasteiger partial charge in [-0.1, -0.05) is 61.5 Å². The van der Waals surface area contributed by atoms with Gasteiger partial charge in [0, 0.05) is 25.6 Å². The molecule has 4 aromatic carbocycles. The summed E-state index contributed by atoms with van der Waals surface area (Å²) in [6.45, 7) is 4.98. The Morgan fingerprint density at radius 2 is 1.40 bits per heavy atom. The fourth-order valence-electron chi connectivity index (χ4n) is 6.17. The van der Waals surface area contributed by atoms with E-state index in [4.69, 9.17) is 30.4 Å². The normalized spacial score (nSPS) is 11.3. The van der Waals surface area contributed by atoms with Gasteiger partial charge in [0.25, 0.3) is 0 Å². The molecule has 52 heavy (non-hydrogen) atoms. The number of carbonyl (C=O) groups is 4. The van der Waals surface area contributed by atoms with E-state index >= 15 is 0 Å². The first-order chi connectivity index (χ1) is 24.7. The first-order valence-electron chi connectivity index (χ1n) is 16.4. The van der Waals surface area contributed by atoms with Gasteiger partial charge < -0.3 is 34.7 Å². The van der Waals surface area contributed by atoms with Crippen molar-refractivity contribution in [1.29, 1.82) is 0 Å². The van der Waals surface area contributed by atoms with Crippen LogP contribution in [-0.2, 0) is 34.4 Å². The van der Waals surface area contributed by atoms with Crippen LogP contribution in [0.1, 0.15) is 53.5 Å². The molecule has 0 saturated carbocycles. The largest absolute Gasteiger partial charge is 0.481 e. The van der Waals surface area contributed by atoms with Gasteiger partial charge >= 0.3 is 23.9 Å². The molecule has 268 valence electrons. The molecule has 6 aromatic rings. The highest BCUT2D eigenvalue weighted by molar-refractivity contribution is 5.96. The zero-order valence-electron chi connectivity index (χ0n) is 28.8. The summed E-state index contributed by atoms with van der Waals surface area (Å²) >= 11 is 0. The molecule has 0 atom stereocenters. The monoisotopic (exact) mass is 706 g/mol. The lowest BCUT2D eigenvalue weighted by atomic mass is 9.96. The number of hydrogen-bond acceptors (Lipinski definition) is 7. The van der Waals surface area contributed by atoms with Crippen LogP contribution in [-0.4, -0.2) is 74.1 Å². The van der Waals surface area contributed by atoms with Crippen LogP contribution < -0.4 is 0 Å². The van der Waals surface area contributed by atoms with Gasteiger partial charge in [-0.25, -0.2) is 19.6 Å². The third-order valence-corrected chi connectivity index (χ3v) is 8.69. The number of aromatic nitrogens is 4. The molecule has 0 saturated heterocycles. The van der Waals surface area contributed by atoms with Crippen LogP contribution in [0, 0.1) is 6.92 Å². The van der Waals surface area contributed by atoms with Crippen molar-refractivity contribution in [2.75, 3.05) is 0 Å². The molecule has 13 heteroatoms. The van der Waals surface area contributed by atoms with Crippen molar-refractivity contribution in [3.63, 3.8) is 0 Å². The van der Waals surface area contributed by atoms with E-state index in [1.165, 1.54) is 0 Å². The number of aromatic carboxylic acids is 1. The highest BCUT2D eigenvalue weighted by Gasteiger charge is 2.40. The topological polar surface area (TPSA) is 205 Å². The Hall–Kier alpha value is -6.34. The average Bonchev–Trinajstić information content (AvgIpc) is 3.62. The van der Waals surface area contributed by atoms with Crippen LogP contribution in [0.15, 0.2) is 84.9 Å². The predicted molar refractivity (Wildman–Crippen MR) is 193 cm³/mol. The second-order valence-corrected chi connectivity index (χ2v) is 12.5. The van der Waals surface area contributed by atoms with Crippen LogP contribution in [0.4, 0.5) is 0 Å². The quantitative estimate of drug-likeness (QED) is 0.0996. The summed E-state index contributed by atoms with van der Waals surface area (Å²) in [6.07, 6.45) is -0.395. The summed E-state index contributed by atoms with van der Waals surface area (Å²) in [4.78, 5) is 52.2. The molecule has 0 radical (unpaired) electrons. The molecule has 0 aliphatic rings. The number of hydrogen-bond donors (Lipinski definition) is 5. The smallest absolute Gasteiger partial charge is 0.336 e. The Morgan fingerprint density at radius 3 is 2.00 bits per heavy atom. The van der Waals surface area contributed by atoms with Gasteiger partial charge in [0.05, 0.1) is 40.5 Å². The van der Waals surface area contributed by atoms with E-state index in [1.54, 1.807) is 12.1 Å². The van der Waals surface area contributed by atoms with Gasteiger partial charge in [0.1, 0.15) is 11.6 Å². The van der Waals surface area contributed by atoms with Crippen molar-refractivity contribution in [2.24, 2.45) is 7.05 Å². The molecule has 0 aliphatic carbocycles. The molecule has 13 nitrogen and oxygen atoms in total. The molecule has 6 rings (SSSR count). The van der Waals surface area contributed by atoms with Crippen LogP contribution >= 0.6 is 0 Å². The van der Waals surface area contributed by atoms with Crippen molar-refractivity contribution in [3.8, 4) is 22.5 Å². The highest BCUT2D eigenvalue weighted by Crippen LogP contribution is 2.31. The summed E-state index contributed by atoms with van der Waals surface area (Å²) in [6, 6.07) is 27.9. The summed E-state index contributed by atoms with van der Waals surface area (Å²) in [5.41, 5.74) is 6.73. The number of para-hydroxylation sites is 2. The number of nitrogens with zero attached hydrogens (tertiary/aromatic N) is 4. The zero-order chi connectivity index (χ0) is 37.7. The van der Waals surface area contributed by atoms with Crippen molar-refractivity contribution in [1.82, 2.24) is 19.1 Å². The molecule has 5 N–H and O–H groups in total. The van der Waals surface area contributed by atoms with Crippen molar-refractivity contribution >= 4 is 45.9 Å². The van der Waals surface area contributed by atoms with Gasteiger partial charge in [0.15, 0.2) is 5.60 Å². The van der Waals surface area contributed by atoms with E-state index in [0.717, 1.165) is 74.4 Å². The minimum Gasteiger partial charge on any atom is -0.481 e. The first-order valence-corrected chi connectivity index (χ1v) is 16.4. The number of benzene rings is 4. The Morgan fingerprint density at radius 1 is 0.769 bits per heavy atom. The highest BCUT2D eigenvalue weighted by atomic mass is 16.4. The van der Waals surface area contributed by atoms with Crippen molar-refractivity contribution in [3.05, 3.63) is 107 Å². The second-order valence-electron chi connectivity index (χ2n) is 12.5. The maximum atomic E-state index is 11.7. The zero-order valence-corrected chi connectivity index (χ0v) is 28.8.